The Hall–Kier alpha value is -4.52. The number of fused-ring (bicyclic) bond motifs is 2. The largest absolute Gasteiger partial charge is 0.378 e. The van der Waals surface area contributed by atoms with E-state index < -0.39 is 23.8 Å². The van der Waals surface area contributed by atoms with E-state index in [1.165, 1.54) is 16.8 Å². The van der Waals surface area contributed by atoms with Crippen LogP contribution >= 0.6 is 0 Å². The van der Waals surface area contributed by atoms with Crippen molar-refractivity contribution in [2.45, 2.75) is 26.3 Å². The van der Waals surface area contributed by atoms with Crippen LogP contribution in [-0.2, 0) is 4.74 Å². The van der Waals surface area contributed by atoms with Crippen LogP contribution in [-0.4, -0.2) is 55.5 Å². The highest BCUT2D eigenvalue weighted by Crippen LogP contribution is 2.32. The molecule has 0 bridgehead atoms. The third kappa shape index (κ3) is 4.51. The Morgan fingerprint density at radius 1 is 1.07 bits per heavy atom. The lowest BCUT2D eigenvalue weighted by Gasteiger charge is -2.31. The zero-order valence-electron chi connectivity index (χ0n) is 21.7. The van der Waals surface area contributed by atoms with Crippen molar-refractivity contribution in [3.05, 3.63) is 82.2 Å². The summed E-state index contributed by atoms with van der Waals surface area (Å²) in [7, 11) is 0. The fourth-order valence-electron chi connectivity index (χ4n) is 4.93. The number of aryl methyl sites for hydroxylation is 1. The first kappa shape index (κ1) is 25.7. The van der Waals surface area contributed by atoms with E-state index in [-0.39, 0.29) is 11.1 Å². The molecule has 4 aromatic heterocycles. The number of anilines is 1. The van der Waals surface area contributed by atoms with Gasteiger partial charge in [0.25, 0.3) is 12.0 Å². The van der Waals surface area contributed by atoms with Crippen LogP contribution in [0.2, 0.25) is 0 Å². The summed E-state index contributed by atoms with van der Waals surface area (Å²) >= 11 is 0. The normalized spacial score (nSPS) is 14.8. The first-order chi connectivity index (χ1) is 19.3. The maximum Gasteiger partial charge on any atom is 0.279 e. The zero-order valence-corrected chi connectivity index (χ0v) is 21.7. The zero-order chi connectivity index (χ0) is 28.0. The summed E-state index contributed by atoms with van der Waals surface area (Å²) in [5.41, 5.74) is 0.870. The van der Waals surface area contributed by atoms with Crippen LogP contribution in [0.15, 0.2) is 53.8 Å². The first-order valence-corrected chi connectivity index (χ1v) is 12.7. The van der Waals surface area contributed by atoms with Crippen molar-refractivity contribution < 1.29 is 17.9 Å². The minimum Gasteiger partial charge on any atom is -0.378 e. The number of ether oxygens (including phenoxy) is 1. The molecule has 1 N–H and O–H groups in total. The third-order valence-electron chi connectivity index (χ3n) is 6.91. The monoisotopic (exact) mass is 550 g/mol. The van der Waals surface area contributed by atoms with Gasteiger partial charge < -0.3 is 15.1 Å². The minimum atomic E-state index is -2.94. The summed E-state index contributed by atoms with van der Waals surface area (Å²) in [6.07, 6.45) is 3.61. The van der Waals surface area contributed by atoms with Gasteiger partial charge in [0.2, 0.25) is 0 Å². The molecule has 0 aliphatic carbocycles. The summed E-state index contributed by atoms with van der Waals surface area (Å²) in [6.45, 7) is 5.21. The smallest absolute Gasteiger partial charge is 0.279 e. The van der Waals surface area contributed by atoms with Crippen molar-refractivity contribution in [3.63, 3.8) is 0 Å². The molecular weight excluding hydrogens is 525 g/mol. The molecule has 13 heteroatoms. The molecule has 0 radical (unpaired) electrons. The Balaban J connectivity index is 1.55. The van der Waals surface area contributed by atoms with Crippen LogP contribution in [0.3, 0.4) is 0 Å². The van der Waals surface area contributed by atoms with Gasteiger partial charge in [-0.1, -0.05) is 18.2 Å². The SMILES string of the molecule is Cc1nc(N[C@H](C)c2cccc(C(F)F)c2F)c2cn(N3CCOCC3)c(=O)c(-c3cnc4ccnn4c3)c2n1. The number of morpholine rings is 1. The fraction of sp³-hybridized carbons (Fsp3) is 0.296. The number of nitrogens with one attached hydrogen (secondary N) is 1. The molecule has 1 fully saturated rings. The average molecular weight is 551 g/mol. The van der Waals surface area contributed by atoms with Gasteiger partial charge in [0.15, 0.2) is 5.65 Å². The summed E-state index contributed by atoms with van der Waals surface area (Å²) in [5.74, 6) is -0.285. The van der Waals surface area contributed by atoms with Crippen LogP contribution in [0.4, 0.5) is 19.0 Å². The molecule has 5 heterocycles. The van der Waals surface area contributed by atoms with Crippen molar-refractivity contribution in [1.82, 2.24) is 29.2 Å². The molecule has 10 nitrogen and oxygen atoms in total. The average Bonchev–Trinajstić information content (AvgIpc) is 3.41. The Morgan fingerprint density at radius 2 is 1.85 bits per heavy atom. The highest BCUT2D eigenvalue weighted by molar-refractivity contribution is 5.98. The number of nitrogens with zero attached hydrogens (tertiary/aromatic N) is 7. The predicted octanol–water partition coefficient (Wildman–Crippen LogP) is 4.03. The molecule has 0 spiro atoms. The Labute approximate surface area is 226 Å². The molecule has 1 aromatic carbocycles. The number of halogens is 3. The van der Waals surface area contributed by atoms with E-state index in [1.807, 2.05) is 5.01 Å². The molecule has 206 valence electrons. The Morgan fingerprint density at radius 3 is 2.62 bits per heavy atom. The van der Waals surface area contributed by atoms with Gasteiger partial charge in [-0.3, -0.25) is 4.79 Å². The Kier molecular flexibility index (Phi) is 6.58. The summed E-state index contributed by atoms with van der Waals surface area (Å²) in [6, 6.07) is 4.93. The predicted molar refractivity (Wildman–Crippen MR) is 143 cm³/mol. The molecule has 5 aromatic rings. The van der Waals surface area contributed by atoms with Gasteiger partial charge >= 0.3 is 0 Å². The van der Waals surface area contributed by atoms with Crippen LogP contribution in [0.5, 0.6) is 0 Å². The molecule has 6 rings (SSSR count). The number of pyridine rings is 1. The lowest BCUT2D eigenvalue weighted by Crippen LogP contribution is -2.49. The molecule has 1 saturated heterocycles. The highest BCUT2D eigenvalue weighted by Gasteiger charge is 2.24. The van der Waals surface area contributed by atoms with Crippen molar-refractivity contribution in [2.75, 3.05) is 36.6 Å². The second-order valence-electron chi connectivity index (χ2n) is 9.50. The van der Waals surface area contributed by atoms with E-state index in [0.29, 0.717) is 65.6 Å². The maximum atomic E-state index is 15.0. The van der Waals surface area contributed by atoms with Crippen LogP contribution in [0.25, 0.3) is 27.7 Å². The first-order valence-electron chi connectivity index (χ1n) is 12.7. The van der Waals surface area contributed by atoms with Crippen molar-refractivity contribution in [3.8, 4) is 11.1 Å². The molecule has 1 aliphatic heterocycles. The van der Waals surface area contributed by atoms with Gasteiger partial charge in [-0.2, -0.15) is 5.10 Å². The van der Waals surface area contributed by atoms with Gasteiger partial charge in [0, 0.05) is 35.8 Å². The number of alkyl halides is 2. The van der Waals surface area contributed by atoms with E-state index >= 15 is 0 Å². The van der Waals surface area contributed by atoms with Gasteiger partial charge in [0.1, 0.15) is 17.5 Å². The van der Waals surface area contributed by atoms with Gasteiger partial charge in [-0.15, -0.1) is 0 Å². The lowest BCUT2D eigenvalue weighted by atomic mass is 10.0. The number of aromatic nitrogens is 6. The second-order valence-corrected chi connectivity index (χ2v) is 9.50. The molecule has 0 saturated carbocycles. The highest BCUT2D eigenvalue weighted by atomic mass is 19.3. The van der Waals surface area contributed by atoms with Crippen LogP contribution in [0.1, 0.15) is 36.3 Å². The van der Waals surface area contributed by atoms with Gasteiger partial charge in [-0.25, -0.2) is 37.3 Å². The molecular formula is C27H25F3N8O2. The van der Waals surface area contributed by atoms with Crippen molar-refractivity contribution >= 4 is 22.4 Å². The van der Waals surface area contributed by atoms with Gasteiger partial charge in [0.05, 0.1) is 60.6 Å². The molecule has 1 atom stereocenters. The van der Waals surface area contributed by atoms with Crippen molar-refractivity contribution in [2.24, 2.45) is 0 Å². The van der Waals surface area contributed by atoms with Crippen LogP contribution < -0.4 is 15.9 Å². The van der Waals surface area contributed by atoms with E-state index in [9.17, 15) is 18.0 Å². The van der Waals surface area contributed by atoms with Crippen molar-refractivity contribution in [1.29, 1.82) is 0 Å². The molecule has 1 aliphatic rings. The van der Waals surface area contributed by atoms with Crippen LogP contribution in [0, 0.1) is 12.7 Å². The quantitative estimate of drug-likeness (QED) is 0.338. The minimum absolute atomic E-state index is 0.0669. The molecule has 0 amide bonds. The number of hydrogen-bond acceptors (Lipinski definition) is 8. The van der Waals surface area contributed by atoms with E-state index in [1.54, 1.807) is 49.2 Å². The number of rotatable bonds is 6. The topological polar surface area (TPSA) is 102 Å². The molecule has 0 unspecified atom stereocenters. The number of benzene rings is 1. The lowest BCUT2D eigenvalue weighted by molar-refractivity contribution is 0.111. The van der Waals surface area contributed by atoms with Gasteiger partial charge in [-0.05, 0) is 13.8 Å². The number of hydrogen-bond donors (Lipinski definition) is 1. The summed E-state index contributed by atoms with van der Waals surface area (Å²) < 4.78 is 50.3. The second kappa shape index (κ2) is 10.2. The maximum absolute atomic E-state index is 15.0. The van der Waals surface area contributed by atoms with E-state index in [4.69, 9.17) is 4.74 Å². The fourth-order valence-corrected chi connectivity index (χ4v) is 4.93. The van der Waals surface area contributed by atoms with E-state index in [2.05, 4.69) is 25.4 Å². The van der Waals surface area contributed by atoms with E-state index in [0.717, 1.165) is 6.07 Å². The summed E-state index contributed by atoms with van der Waals surface area (Å²) in [4.78, 5) is 27.6. The third-order valence-corrected chi connectivity index (χ3v) is 6.91. The molecule has 40 heavy (non-hydrogen) atoms. The Bertz CT molecular complexity index is 1780. The summed E-state index contributed by atoms with van der Waals surface area (Å²) in [5, 5.41) is 9.78. The standard InChI is InChI=1S/C27H25F3N8O2/c1-15(18-4-3-5-19(23(18)28)25(29)30)33-26-20-14-38(36-8-10-40-11-9-36)27(39)22(24(20)34-16(2)35-26)17-12-31-21-6-7-32-37(21)13-17/h3-7,12-15,25H,8-11H2,1-2H3,(H,33,34,35)/t15-/m1/s1.